The third kappa shape index (κ3) is 6.62. The van der Waals surface area contributed by atoms with Gasteiger partial charge in [0.05, 0.1) is 22.0 Å². The molecule has 1 unspecified atom stereocenters. The van der Waals surface area contributed by atoms with Gasteiger partial charge in [-0.05, 0) is 31.2 Å². The highest BCUT2D eigenvalue weighted by atomic mass is 35.5. The highest BCUT2D eigenvalue weighted by Gasteiger charge is 2.27. The van der Waals surface area contributed by atoms with Crippen molar-refractivity contribution in [3.63, 3.8) is 0 Å². The van der Waals surface area contributed by atoms with Crippen molar-refractivity contribution in [3.8, 4) is 17.3 Å². The molecule has 3 rings (SSSR count). The molecule has 11 heteroatoms. The van der Waals surface area contributed by atoms with E-state index in [2.05, 4.69) is 29.7 Å². The van der Waals surface area contributed by atoms with E-state index in [0.29, 0.717) is 40.9 Å². The molecule has 1 amide bonds. The van der Waals surface area contributed by atoms with Crippen molar-refractivity contribution in [1.82, 2.24) is 19.3 Å². The summed E-state index contributed by atoms with van der Waals surface area (Å²) in [6, 6.07) is 10.1. The maximum atomic E-state index is 12.3. The summed E-state index contributed by atoms with van der Waals surface area (Å²) < 4.78 is 9.47. The van der Waals surface area contributed by atoms with Gasteiger partial charge in [-0.2, -0.15) is 10.4 Å². The van der Waals surface area contributed by atoms with Gasteiger partial charge in [-0.25, -0.2) is 4.98 Å². The molecule has 3 N–H and O–H groups in total. The molecular weight excluding hydrogens is 496 g/mol. The minimum absolute atomic E-state index is 0.124. The van der Waals surface area contributed by atoms with E-state index in [0.717, 1.165) is 11.6 Å². The average Bonchev–Trinajstić information content (AvgIpc) is 3.41. The van der Waals surface area contributed by atoms with Crippen molar-refractivity contribution in [2.24, 2.45) is 5.73 Å². The van der Waals surface area contributed by atoms with Crippen molar-refractivity contribution in [2.75, 3.05) is 6.61 Å². The number of ether oxygens (including phenoxy) is 1. The number of primary amides is 1. The Balaban J connectivity index is 1.87. The minimum Gasteiger partial charge on any atom is -0.385 e. The molecule has 0 spiro atoms. The molecule has 0 saturated carbocycles. The number of nitrogens with two attached hydrogens (primary N) is 1. The van der Waals surface area contributed by atoms with Crippen molar-refractivity contribution in [3.05, 3.63) is 58.3 Å². The monoisotopic (exact) mass is 528 g/mol. The predicted octanol–water partition coefficient (Wildman–Crippen LogP) is 4.54. The van der Waals surface area contributed by atoms with Gasteiger partial charge in [0.15, 0.2) is 0 Å². The smallest absolute Gasteiger partial charge is 0.269 e. The van der Waals surface area contributed by atoms with Crippen LogP contribution in [0, 0.1) is 11.3 Å². The van der Waals surface area contributed by atoms with Crippen LogP contribution in [0.3, 0.4) is 0 Å². The van der Waals surface area contributed by atoms with Crippen LogP contribution >= 0.6 is 11.6 Å². The second kappa shape index (κ2) is 11.4. The standard InChI is InChI=1S/C25H33ClN6O3Si/c1-16(14-31-9-8-21(30-31)18-6-7-19(13-27)20(26)12-18)23-22(24(28)34)29-25(17(2)33)32(23)15-35-10-11-36(3,4)5/h6-9,12,16-17,33H,10-11,14-15H2,1-5H3,(H2,28,34)/t16-,17?/m0/s1. The molecule has 0 saturated heterocycles. The fourth-order valence-corrected chi connectivity index (χ4v) is 4.88. The lowest BCUT2D eigenvalue weighted by molar-refractivity contribution is 0.0741. The van der Waals surface area contributed by atoms with Crippen LogP contribution in [0.25, 0.3) is 11.3 Å². The molecule has 0 aliphatic carbocycles. The van der Waals surface area contributed by atoms with E-state index < -0.39 is 20.1 Å². The lowest BCUT2D eigenvalue weighted by atomic mass is 10.1. The normalized spacial score (nSPS) is 13.4. The van der Waals surface area contributed by atoms with Crippen LogP contribution in [0.5, 0.6) is 0 Å². The minimum atomic E-state index is -1.27. The molecule has 36 heavy (non-hydrogen) atoms. The van der Waals surface area contributed by atoms with Crippen molar-refractivity contribution < 1.29 is 14.6 Å². The Kier molecular flexibility index (Phi) is 8.74. The van der Waals surface area contributed by atoms with Crippen molar-refractivity contribution in [1.29, 1.82) is 5.26 Å². The van der Waals surface area contributed by atoms with Crippen LogP contribution in [0.1, 0.15) is 53.4 Å². The summed E-state index contributed by atoms with van der Waals surface area (Å²) in [6.45, 7) is 11.6. The van der Waals surface area contributed by atoms with Gasteiger partial charge in [-0.1, -0.05) is 44.2 Å². The summed E-state index contributed by atoms with van der Waals surface area (Å²) in [5.41, 5.74) is 8.30. The molecule has 2 aromatic heterocycles. The van der Waals surface area contributed by atoms with Crippen LogP contribution in [-0.4, -0.2) is 45.0 Å². The SMILES string of the molecule is CC(O)c1nc(C(N)=O)c([C@@H](C)Cn2ccc(-c3ccc(C#N)c(Cl)c3)n2)n1COCC[Si](C)(C)C. The largest absolute Gasteiger partial charge is 0.385 e. The third-order valence-corrected chi connectivity index (χ3v) is 7.83. The maximum absolute atomic E-state index is 12.3. The van der Waals surface area contributed by atoms with Crippen molar-refractivity contribution in [2.45, 2.75) is 64.8 Å². The van der Waals surface area contributed by atoms with Crippen LogP contribution in [0.15, 0.2) is 30.5 Å². The predicted molar refractivity (Wildman–Crippen MR) is 141 cm³/mol. The van der Waals surface area contributed by atoms with Crippen LogP contribution in [0.2, 0.25) is 30.7 Å². The number of aliphatic hydroxyl groups is 1. The van der Waals surface area contributed by atoms with Gasteiger partial charge in [-0.15, -0.1) is 0 Å². The summed E-state index contributed by atoms with van der Waals surface area (Å²) in [6.07, 6.45) is 0.935. The highest BCUT2D eigenvalue weighted by molar-refractivity contribution is 6.76. The lowest BCUT2D eigenvalue weighted by Gasteiger charge is -2.20. The quantitative estimate of drug-likeness (QED) is 0.277. The summed E-state index contributed by atoms with van der Waals surface area (Å²) in [5.74, 6) is -0.537. The lowest BCUT2D eigenvalue weighted by Crippen LogP contribution is -2.23. The Morgan fingerprint density at radius 3 is 2.61 bits per heavy atom. The Hall–Kier alpha value is -2.97. The number of rotatable bonds is 11. The van der Waals surface area contributed by atoms with E-state index in [1.54, 1.807) is 34.4 Å². The maximum Gasteiger partial charge on any atom is 0.269 e. The molecule has 9 nitrogen and oxygen atoms in total. The molecule has 0 fully saturated rings. The van der Waals surface area contributed by atoms with Gasteiger partial charge >= 0.3 is 0 Å². The van der Waals surface area contributed by atoms with Gasteiger partial charge in [-0.3, -0.25) is 9.48 Å². The molecule has 0 aliphatic heterocycles. The molecule has 0 radical (unpaired) electrons. The van der Waals surface area contributed by atoms with Crippen LogP contribution < -0.4 is 5.73 Å². The number of amides is 1. The second-order valence-electron chi connectivity index (χ2n) is 10.2. The van der Waals surface area contributed by atoms with E-state index >= 15 is 0 Å². The van der Waals surface area contributed by atoms with Gasteiger partial charge in [0, 0.05) is 38.9 Å². The second-order valence-corrected chi connectivity index (χ2v) is 16.2. The zero-order valence-corrected chi connectivity index (χ0v) is 23.1. The fourth-order valence-electron chi connectivity index (χ4n) is 3.90. The number of nitriles is 1. The first-order valence-electron chi connectivity index (χ1n) is 11.8. The van der Waals surface area contributed by atoms with Crippen LogP contribution in [-0.2, 0) is 18.0 Å². The van der Waals surface area contributed by atoms with Gasteiger partial charge in [0.2, 0.25) is 0 Å². The number of benzene rings is 1. The molecule has 2 atom stereocenters. The number of aliphatic hydroxyl groups excluding tert-OH is 1. The topological polar surface area (TPSA) is 132 Å². The number of nitrogens with zero attached hydrogens (tertiary/aromatic N) is 5. The summed E-state index contributed by atoms with van der Waals surface area (Å²) in [5, 5.41) is 24.4. The first kappa shape index (κ1) is 27.6. The zero-order chi connectivity index (χ0) is 26.6. The Morgan fingerprint density at radius 1 is 1.31 bits per heavy atom. The fraction of sp³-hybridized carbons (Fsp3) is 0.440. The Bertz CT molecular complexity index is 1270. The van der Waals surface area contributed by atoms with E-state index in [4.69, 9.17) is 27.3 Å². The average molecular weight is 529 g/mol. The first-order chi connectivity index (χ1) is 16.9. The number of hydrogen-bond donors (Lipinski definition) is 2. The molecule has 0 bridgehead atoms. The van der Waals surface area contributed by atoms with E-state index in [1.165, 1.54) is 0 Å². The van der Waals surface area contributed by atoms with E-state index in [1.807, 2.05) is 25.3 Å². The summed E-state index contributed by atoms with van der Waals surface area (Å²) >= 11 is 6.18. The highest BCUT2D eigenvalue weighted by Crippen LogP contribution is 2.28. The Labute approximate surface area is 217 Å². The van der Waals surface area contributed by atoms with E-state index in [-0.39, 0.29) is 18.3 Å². The van der Waals surface area contributed by atoms with Gasteiger partial charge < -0.3 is 20.1 Å². The number of halogens is 1. The van der Waals surface area contributed by atoms with Crippen LogP contribution in [0.4, 0.5) is 0 Å². The number of aromatic nitrogens is 4. The van der Waals surface area contributed by atoms with Crippen molar-refractivity contribution >= 4 is 25.6 Å². The number of carbonyl (C=O) groups excluding carboxylic acids is 1. The first-order valence-corrected chi connectivity index (χ1v) is 15.9. The molecule has 0 aliphatic rings. The number of carbonyl (C=O) groups is 1. The number of hydrogen-bond acceptors (Lipinski definition) is 6. The summed E-state index contributed by atoms with van der Waals surface area (Å²) in [4.78, 5) is 16.6. The molecule has 1 aromatic carbocycles. The molecule has 3 aromatic rings. The molecular formula is C25H33ClN6O3Si. The van der Waals surface area contributed by atoms with Gasteiger partial charge in [0.1, 0.15) is 30.4 Å². The Morgan fingerprint density at radius 2 is 2.03 bits per heavy atom. The number of imidazole rings is 1. The van der Waals surface area contributed by atoms with E-state index in [9.17, 15) is 9.90 Å². The molecule has 192 valence electrons. The third-order valence-electron chi connectivity index (χ3n) is 5.81. The van der Waals surface area contributed by atoms with Gasteiger partial charge in [0.25, 0.3) is 5.91 Å². The summed E-state index contributed by atoms with van der Waals surface area (Å²) in [7, 11) is -1.27. The zero-order valence-electron chi connectivity index (χ0n) is 21.3. The molecule has 2 heterocycles.